The van der Waals surface area contributed by atoms with Crippen molar-refractivity contribution in [1.82, 2.24) is 4.90 Å². The average molecular weight is 311 g/mol. The maximum absolute atomic E-state index is 6.08. The first-order valence-electron chi connectivity index (χ1n) is 8.00. The minimum atomic E-state index is 0.329. The standard InChI is InChI=1S/C18H21N3O2/c19-15-3-1-2-4-16(15)21-9-7-20(8-10-21)12-14-5-6-17-18(11-14)23-13-22-17/h1-6,11H,7-10,12-13,19H2. The van der Waals surface area contributed by atoms with Crippen LogP contribution in [0, 0.1) is 0 Å². The monoisotopic (exact) mass is 311 g/mol. The molecule has 5 nitrogen and oxygen atoms in total. The predicted molar refractivity (Wildman–Crippen MR) is 90.9 cm³/mol. The lowest BCUT2D eigenvalue weighted by atomic mass is 10.1. The van der Waals surface area contributed by atoms with Crippen LogP contribution in [0.25, 0.3) is 0 Å². The van der Waals surface area contributed by atoms with E-state index in [0.29, 0.717) is 6.79 Å². The van der Waals surface area contributed by atoms with Crippen molar-refractivity contribution in [2.45, 2.75) is 6.54 Å². The quantitative estimate of drug-likeness (QED) is 0.882. The van der Waals surface area contributed by atoms with Crippen molar-refractivity contribution in [1.29, 1.82) is 0 Å². The number of piperazine rings is 1. The first-order chi connectivity index (χ1) is 11.3. The molecule has 120 valence electrons. The van der Waals surface area contributed by atoms with Gasteiger partial charge in [-0.2, -0.15) is 0 Å². The number of benzene rings is 2. The van der Waals surface area contributed by atoms with Crippen molar-refractivity contribution < 1.29 is 9.47 Å². The van der Waals surface area contributed by atoms with Gasteiger partial charge in [0.2, 0.25) is 6.79 Å². The van der Waals surface area contributed by atoms with Gasteiger partial charge in [0.1, 0.15) is 0 Å². The summed E-state index contributed by atoms with van der Waals surface area (Å²) in [5, 5.41) is 0. The van der Waals surface area contributed by atoms with E-state index in [9.17, 15) is 0 Å². The average Bonchev–Trinajstić information content (AvgIpc) is 3.04. The summed E-state index contributed by atoms with van der Waals surface area (Å²) >= 11 is 0. The molecule has 2 aromatic carbocycles. The zero-order valence-electron chi connectivity index (χ0n) is 13.1. The lowest BCUT2D eigenvalue weighted by molar-refractivity contribution is 0.174. The van der Waals surface area contributed by atoms with Crippen LogP contribution in [0.3, 0.4) is 0 Å². The Hall–Kier alpha value is -2.40. The fourth-order valence-electron chi connectivity index (χ4n) is 3.22. The van der Waals surface area contributed by atoms with Crippen LogP contribution in [0.1, 0.15) is 5.56 Å². The number of nitrogens with two attached hydrogens (primary N) is 1. The van der Waals surface area contributed by atoms with Crippen LogP contribution in [-0.4, -0.2) is 37.9 Å². The maximum Gasteiger partial charge on any atom is 0.231 e. The van der Waals surface area contributed by atoms with Crippen molar-refractivity contribution in [3.63, 3.8) is 0 Å². The Balaban J connectivity index is 1.37. The number of ether oxygens (including phenoxy) is 2. The topological polar surface area (TPSA) is 51.0 Å². The second-order valence-electron chi connectivity index (χ2n) is 6.01. The van der Waals surface area contributed by atoms with Gasteiger partial charge >= 0.3 is 0 Å². The summed E-state index contributed by atoms with van der Waals surface area (Å²) in [5.41, 5.74) is 9.35. The van der Waals surface area contributed by atoms with E-state index in [1.54, 1.807) is 0 Å². The van der Waals surface area contributed by atoms with Gasteiger partial charge in [-0.1, -0.05) is 18.2 Å². The second kappa shape index (κ2) is 6.01. The lowest BCUT2D eigenvalue weighted by Gasteiger charge is -2.36. The van der Waals surface area contributed by atoms with Gasteiger partial charge in [-0.3, -0.25) is 4.90 Å². The molecule has 0 unspecified atom stereocenters. The number of hydrogen-bond donors (Lipinski definition) is 1. The van der Waals surface area contributed by atoms with E-state index in [2.05, 4.69) is 28.0 Å². The largest absolute Gasteiger partial charge is 0.454 e. The zero-order chi connectivity index (χ0) is 15.6. The highest BCUT2D eigenvalue weighted by atomic mass is 16.7. The molecular formula is C18H21N3O2. The van der Waals surface area contributed by atoms with E-state index in [1.807, 2.05) is 24.3 Å². The van der Waals surface area contributed by atoms with Crippen LogP contribution in [-0.2, 0) is 6.54 Å². The van der Waals surface area contributed by atoms with Gasteiger partial charge in [-0.15, -0.1) is 0 Å². The molecule has 0 saturated carbocycles. The van der Waals surface area contributed by atoms with Crippen molar-refractivity contribution >= 4 is 11.4 Å². The number of hydrogen-bond acceptors (Lipinski definition) is 5. The van der Waals surface area contributed by atoms with Crippen molar-refractivity contribution in [2.75, 3.05) is 43.6 Å². The molecule has 0 aliphatic carbocycles. The third kappa shape index (κ3) is 2.92. The van der Waals surface area contributed by atoms with Gasteiger partial charge in [-0.05, 0) is 29.8 Å². The van der Waals surface area contributed by atoms with E-state index in [4.69, 9.17) is 15.2 Å². The Bertz CT molecular complexity index is 696. The van der Waals surface area contributed by atoms with Gasteiger partial charge in [-0.25, -0.2) is 0 Å². The van der Waals surface area contributed by atoms with E-state index in [1.165, 1.54) is 5.56 Å². The molecule has 0 amide bonds. The number of anilines is 2. The molecule has 0 bridgehead atoms. The number of nitrogen functional groups attached to an aromatic ring is 1. The third-order valence-corrected chi connectivity index (χ3v) is 4.49. The molecule has 23 heavy (non-hydrogen) atoms. The van der Waals surface area contributed by atoms with Crippen LogP contribution in [0.4, 0.5) is 11.4 Å². The molecule has 1 fully saturated rings. The summed E-state index contributed by atoms with van der Waals surface area (Å²) in [4.78, 5) is 4.83. The summed E-state index contributed by atoms with van der Waals surface area (Å²) in [5.74, 6) is 1.70. The molecule has 2 heterocycles. The van der Waals surface area contributed by atoms with Gasteiger partial charge in [0.15, 0.2) is 11.5 Å². The maximum atomic E-state index is 6.08. The number of rotatable bonds is 3. The molecular weight excluding hydrogens is 290 g/mol. The number of fused-ring (bicyclic) bond motifs is 1. The molecule has 2 N–H and O–H groups in total. The van der Waals surface area contributed by atoms with E-state index < -0.39 is 0 Å². The molecule has 1 saturated heterocycles. The first-order valence-corrected chi connectivity index (χ1v) is 8.00. The summed E-state index contributed by atoms with van der Waals surface area (Å²) in [6, 6.07) is 14.3. The number of para-hydroxylation sites is 2. The van der Waals surface area contributed by atoms with Crippen LogP contribution < -0.4 is 20.1 Å². The minimum Gasteiger partial charge on any atom is -0.454 e. The smallest absolute Gasteiger partial charge is 0.231 e. The molecule has 0 atom stereocenters. The fraction of sp³-hybridized carbons (Fsp3) is 0.333. The lowest BCUT2D eigenvalue weighted by Crippen LogP contribution is -2.46. The van der Waals surface area contributed by atoms with Gasteiger partial charge < -0.3 is 20.1 Å². The van der Waals surface area contributed by atoms with Crippen LogP contribution in [0.5, 0.6) is 11.5 Å². The molecule has 0 spiro atoms. The number of nitrogens with zero attached hydrogens (tertiary/aromatic N) is 2. The SMILES string of the molecule is Nc1ccccc1N1CCN(Cc2ccc3c(c2)OCO3)CC1. The molecule has 0 aromatic heterocycles. The van der Waals surface area contributed by atoms with E-state index in [-0.39, 0.29) is 0 Å². The van der Waals surface area contributed by atoms with Crippen LogP contribution in [0.15, 0.2) is 42.5 Å². The highest BCUT2D eigenvalue weighted by molar-refractivity contribution is 5.67. The Morgan fingerprint density at radius 1 is 0.913 bits per heavy atom. The fourth-order valence-corrected chi connectivity index (χ4v) is 3.22. The highest BCUT2D eigenvalue weighted by Gasteiger charge is 2.20. The minimum absolute atomic E-state index is 0.329. The van der Waals surface area contributed by atoms with Gasteiger partial charge in [0, 0.05) is 32.7 Å². The van der Waals surface area contributed by atoms with Crippen LogP contribution in [0.2, 0.25) is 0 Å². The Morgan fingerprint density at radius 2 is 1.70 bits per heavy atom. The Kier molecular flexibility index (Phi) is 3.71. The molecule has 4 rings (SSSR count). The molecule has 2 aromatic rings. The van der Waals surface area contributed by atoms with Crippen molar-refractivity contribution in [2.24, 2.45) is 0 Å². The Morgan fingerprint density at radius 3 is 2.52 bits per heavy atom. The molecule has 0 radical (unpaired) electrons. The Labute approximate surface area is 136 Å². The molecule has 2 aliphatic rings. The summed E-state index contributed by atoms with van der Waals surface area (Å²) in [6.45, 7) is 5.33. The van der Waals surface area contributed by atoms with Crippen LogP contribution >= 0.6 is 0 Å². The van der Waals surface area contributed by atoms with Gasteiger partial charge in [0.25, 0.3) is 0 Å². The van der Waals surface area contributed by atoms with E-state index >= 15 is 0 Å². The molecule has 5 heteroatoms. The summed E-state index contributed by atoms with van der Waals surface area (Å²) < 4.78 is 10.8. The third-order valence-electron chi connectivity index (χ3n) is 4.49. The van der Waals surface area contributed by atoms with E-state index in [0.717, 1.165) is 55.6 Å². The summed E-state index contributed by atoms with van der Waals surface area (Å²) in [7, 11) is 0. The van der Waals surface area contributed by atoms with Crippen molar-refractivity contribution in [3.05, 3.63) is 48.0 Å². The van der Waals surface area contributed by atoms with Gasteiger partial charge in [0.05, 0.1) is 11.4 Å². The second-order valence-corrected chi connectivity index (χ2v) is 6.01. The summed E-state index contributed by atoms with van der Waals surface area (Å²) in [6.07, 6.45) is 0. The first kappa shape index (κ1) is 14.2. The van der Waals surface area contributed by atoms with Crippen molar-refractivity contribution in [3.8, 4) is 11.5 Å². The predicted octanol–water partition coefficient (Wildman–Crippen LogP) is 2.32. The highest BCUT2D eigenvalue weighted by Crippen LogP contribution is 2.33. The normalized spacial score (nSPS) is 17.5. The molecule has 2 aliphatic heterocycles. The zero-order valence-corrected chi connectivity index (χ0v) is 13.1.